The molecule has 0 bridgehead atoms. The molecule has 0 saturated heterocycles. The molecule has 0 saturated carbocycles. The minimum Gasteiger partial charge on any atom is -0.460 e. The highest BCUT2D eigenvalue weighted by atomic mass is 16.6. The van der Waals surface area contributed by atoms with Gasteiger partial charge in [-0.25, -0.2) is 4.79 Å². The lowest BCUT2D eigenvalue weighted by Gasteiger charge is -2.22. The number of aryl methyl sites for hydroxylation is 2. The van der Waals surface area contributed by atoms with Gasteiger partial charge in [0.25, 0.3) is 5.91 Å². The Morgan fingerprint density at radius 2 is 1.47 bits per heavy atom. The number of benzene rings is 2. The van der Waals surface area contributed by atoms with Gasteiger partial charge in [-0.1, -0.05) is 30.3 Å². The Morgan fingerprint density at radius 3 is 2.13 bits per heavy atom. The first-order valence-electron chi connectivity index (χ1n) is 14.9. The number of anilines is 1. The standard InChI is InChI=1S/C33H44N6O6/c1-20(35-31(43)45-33(7,8)9)28-38-37-22(3)39(28)26-17-13-11-15-24(26)30(42)34-21(2)29(41)36-25-16-12-10-14-23(25)18-19-27(40)44-32(4,5)6/h10-17,20-21H,18-19H2,1-9H3,(H,34,42)(H,35,43)(H,36,41)/t20-,21-/m0/s1. The molecule has 3 aromatic rings. The van der Waals surface area contributed by atoms with Crippen LogP contribution in [0.2, 0.25) is 0 Å². The number of hydrogen-bond acceptors (Lipinski definition) is 8. The molecule has 2 aromatic carbocycles. The minimum atomic E-state index is -0.904. The van der Waals surface area contributed by atoms with Gasteiger partial charge < -0.3 is 25.4 Å². The van der Waals surface area contributed by atoms with Crippen molar-refractivity contribution in [2.24, 2.45) is 0 Å². The smallest absolute Gasteiger partial charge is 0.408 e. The Kier molecular flexibility index (Phi) is 11.1. The third kappa shape index (κ3) is 10.2. The molecule has 0 aliphatic heterocycles. The van der Waals surface area contributed by atoms with Crippen molar-refractivity contribution in [3.8, 4) is 5.69 Å². The molecule has 0 unspecified atom stereocenters. The number of amides is 3. The van der Waals surface area contributed by atoms with E-state index in [2.05, 4.69) is 26.1 Å². The fourth-order valence-corrected chi connectivity index (χ4v) is 4.44. The maximum Gasteiger partial charge on any atom is 0.408 e. The van der Waals surface area contributed by atoms with E-state index in [9.17, 15) is 19.2 Å². The molecule has 2 atom stereocenters. The zero-order valence-corrected chi connectivity index (χ0v) is 27.5. The van der Waals surface area contributed by atoms with Crippen LogP contribution in [0.4, 0.5) is 10.5 Å². The summed E-state index contributed by atoms with van der Waals surface area (Å²) in [7, 11) is 0. The average Bonchev–Trinajstić information content (AvgIpc) is 3.31. The number of aromatic nitrogens is 3. The van der Waals surface area contributed by atoms with E-state index in [-0.39, 0.29) is 18.0 Å². The van der Waals surface area contributed by atoms with Crippen LogP contribution in [0.5, 0.6) is 0 Å². The maximum absolute atomic E-state index is 13.5. The van der Waals surface area contributed by atoms with Crippen molar-refractivity contribution < 1.29 is 28.7 Å². The lowest BCUT2D eigenvalue weighted by molar-refractivity contribution is -0.154. The number of rotatable bonds is 10. The summed E-state index contributed by atoms with van der Waals surface area (Å²) in [6.07, 6.45) is -0.0789. The van der Waals surface area contributed by atoms with E-state index in [1.807, 2.05) is 32.9 Å². The van der Waals surface area contributed by atoms with Crippen LogP contribution in [0.3, 0.4) is 0 Å². The number of carbonyl (C=O) groups excluding carboxylic acids is 4. The Hall–Kier alpha value is -4.74. The molecule has 12 nitrogen and oxygen atoms in total. The molecule has 3 rings (SSSR count). The summed E-state index contributed by atoms with van der Waals surface area (Å²) < 4.78 is 12.4. The molecule has 3 N–H and O–H groups in total. The Morgan fingerprint density at radius 1 is 0.844 bits per heavy atom. The molecule has 1 aromatic heterocycles. The van der Waals surface area contributed by atoms with Crippen LogP contribution < -0.4 is 16.0 Å². The van der Waals surface area contributed by atoms with Gasteiger partial charge in [-0.15, -0.1) is 10.2 Å². The van der Waals surface area contributed by atoms with Crippen LogP contribution >= 0.6 is 0 Å². The lowest BCUT2D eigenvalue weighted by Crippen LogP contribution is -2.42. The Bertz CT molecular complexity index is 1530. The quantitative estimate of drug-likeness (QED) is 0.262. The van der Waals surface area contributed by atoms with Crippen molar-refractivity contribution in [2.75, 3.05) is 5.32 Å². The summed E-state index contributed by atoms with van der Waals surface area (Å²) in [5.41, 5.74) is 0.813. The Balaban J connectivity index is 1.74. The van der Waals surface area contributed by atoms with Gasteiger partial charge in [-0.3, -0.25) is 19.0 Å². The lowest BCUT2D eigenvalue weighted by atomic mass is 10.1. The molecule has 1 heterocycles. The zero-order chi connectivity index (χ0) is 33.5. The molecular weight excluding hydrogens is 576 g/mol. The van der Waals surface area contributed by atoms with E-state index < -0.39 is 41.2 Å². The minimum absolute atomic E-state index is 0.156. The average molecular weight is 621 g/mol. The second-order valence-electron chi connectivity index (χ2n) is 12.8. The third-order valence-corrected chi connectivity index (χ3v) is 6.39. The number of esters is 1. The number of nitrogens with one attached hydrogen (secondary N) is 3. The number of ether oxygens (including phenoxy) is 2. The summed E-state index contributed by atoms with van der Waals surface area (Å²) in [6, 6.07) is 12.5. The molecule has 12 heteroatoms. The first kappa shape index (κ1) is 34.7. The SMILES string of the molecule is Cc1nnc([C@H](C)NC(=O)OC(C)(C)C)n1-c1ccccc1C(=O)N[C@@H](C)C(=O)Nc1ccccc1CCC(=O)OC(C)(C)C. The van der Waals surface area contributed by atoms with Crippen molar-refractivity contribution >= 4 is 29.6 Å². The van der Waals surface area contributed by atoms with Crippen molar-refractivity contribution in [1.29, 1.82) is 0 Å². The van der Waals surface area contributed by atoms with Gasteiger partial charge in [0.2, 0.25) is 5.91 Å². The van der Waals surface area contributed by atoms with Crippen molar-refractivity contribution in [1.82, 2.24) is 25.4 Å². The third-order valence-electron chi connectivity index (χ3n) is 6.39. The second-order valence-corrected chi connectivity index (χ2v) is 12.8. The molecule has 0 aliphatic carbocycles. The summed E-state index contributed by atoms with van der Waals surface area (Å²) in [5.74, 6) is -0.353. The van der Waals surface area contributed by atoms with Crippen LogP contribution in [-0.2, 0) is 25.5 Å². The fraction of sp³-hybridized carbons (Fsp3) is 0.455. The predicted molar refractivity (Wildman–Crippen MR) is 170 cm³/mol. The maximum atomic E-state index is 13.5. The molecule has 3 amide bonds. The second kappa shape index (κ2) is 14.4. The van der Waals surface area contributed by atoms with Gasteiger partial charge in [-0.05, 0) is 92.5 Å². The van der Waals surface area contributed by atoms with E-state index in [0.717, 1.165) is 5.56 Å². The van der Waals surface area contributed by atoms with E-state index in [4.69, 9.17) is 9.47 Å². The summed E-state index contributed by atoms with van der Waals surface area (Å²) in [6.45, 7) is 15.8. The van der Waals surface area contributed by atoms with Crippen LogP contribution in [0.1, 0.15) is 95.4 Å². The number of nitrogens with zero attached hydrogens (tertiary/aromatic N) is 3. The normalized spacial score (nSPS) is 12.9. The van der Waals surface area contributed by atoms with Gasteiger partial charge in [0, 0.05) is 12.1 Å². The first-order chi connectivity index (χ1) is 20.9. The van der Waals surface area contributed by atoms with Gasteiger partial charge in [0.05, 0.1) is 17.3 Å². The summed E-state index contributed by atoms with van der Waals surface area (Å²) in [4.78, 5) is 51.3. The monoisotopic (exact) mass is 620 g/mol. The summed E-state index contributed by atoms with van der Waals surface area (Å²) >= 11 is 0. The van der Waals surface area contributed by atoms with Gasteiger partial charge >= 0.3 is 12.1 Å². The molecule has 0 fully saturated rings. The highest BCUT2D eigenvalue weighted by molar-refractivity contribution is 6.03. The van der Waals surface area contributed by atoms with E-state index >= 15 is 0 Å². The van der Waals surface area contributed by atoms with E-state index in [1.165, 1.54) is 0 Å². The largest absolute Gasteiger partial charge is 0.460 e. The van der Waals surface area contributed by atoms with Crippen LogP contribution in [-0.4, -0.2) is 55.9 Å². The zero-order valence-electron chi connectivity index (χ0n) is 27.5. The number of hydrogen-bond donors (Lipinski definition) is 3. The number of carbonyl (C=O) groups is 4. The number of alkyl carbamates (subject to hydrolysis) is 1. The van der Waals surface area contributed by atoms with Gasteiger partial charge in [0.15, 0.2) is 5.82 Å². The Labute approximate surface area is 264 Å². The van der Waals surface area contributed by atoms with Crippen LogP contribution in [0.25, 0.3) is 5.69 Å². The molecule has 0 spiro atoms. The molecular formula is C33H44N6O6. The highest BCUT2D eigenvalue weighted by Gasteiger charge is 2.26. The van der Waals surface area contributed by atoms with Crippen LogP contribution in [0.15, 0.2) is 48.5 Å². The molecule has 45 heavy (non-hydrogen) atoms. The van der Waals surface area contributed by atoms with Crippen molar-refractivity contribution in [3.05, 3.63) is 71.3 Å². The predicted octanol–water partition coefficient (Wildman–Crippen LogP) is 5.19. The van der Waals surface area contributed by atoms with Crippen molar-refractivity contribution in [2.45, 2.75) is 98.4 Å². The summed E-state index contributed by atoms with van der Waals surface area (Å²) in [5, 5.41) is 16.8. The highest BCUT2D eigenvalue weighted by Crippen LogP contribution is 2.23. The van der Waals surface area contributed by atoms with Gasteiger partial charge in [0.1, 0.15) is 23.1 Å². The number of para-hydroxylation sites is 2. The van der Waals surface area contributed by atoms with Crippen LogP contribution in [0, 0.1) is 6.92 Å². The van der Waals surface area contributed by atoms with Crippen molar-refractivity contribution in [3.63, 3.8) is 0 Å². The topological polar surface area (TPSA) is 154 Å². The molecule has 242 valence electrons. The fourth-order valence-electron chi connectivity index (χ4n) is 4.44. The van der Waals surface area contributed by atoms with Gasteiger partial charge in [-0.2, -0.15) is 0 Å². The molecule has 0 radical (unpaired) electrons. The molecule has 0 aliphatic rings. The van der Waals surface area contributed by atoms with E-state index in [1.54, 1.807) is 82.5 Å². The first-order valence-corrected chi connectivity index (χ1v) is 14.9. The van der Waals surface area contributed by atoms with E-state index in [0.29, 0.717) is 29.4 Å².